The maximum Gasteiger partial charge on any atom is 0.416 e. The molecule has 0 spiro atoms. The molecule has 0 saturated carbocycles. The van der Waals surface area contributed by atoms with E-state index in [1.807, 2.05) is 0 Å². The van der Waals surface area contributed by atoms with Gasteiger partial charge in [0.15, 0.2) is 5.82 Å². The Hall–Kier alpha value is -3.76. The monoisotopic (exact) mass is 430 g/mol. The number of hydrogen-bond donors (Lipinski definition) is 1. The van der Waals surface area contributed by atoms with Crippen molar-refractivity contribution in [3.05, 3.63) is 64.3 Å². The van der Waals surface area contributed by atoms with Crippen LogP contribution in [-0.4, -0.2) is 30.1 Å². The number of carbonyl (C=O) groups excluding carboxylic acids is 1. The Labute approximate surface area is 173 Å². The number of anilines is 1. The van der Waals surface area contributed by atoms with Gasteiger partial charge in [-0.05, 0) is 38.1 Å². The number of nitrogens with zero attached hydrogens (tertiary/aromatic N) is 5. The van der Waals surface area contributed by atoms with Crippen LogP contribution in [0.3, 0.4) is 0 Å². The van der Waals surface area contributed by atoms with Gasteiger partial charge in [-0.3, -0.25) is 18.7 Å². The van der Waals surface area contributed by atoms with E-state index in [1.165, 1.54) is 4.68 Å². The van der Waals surface area contributed by atoms with Gasteiger partial charge < -0.3 is 5.32 Å². The number of alkyl halides is 3. The van der Waals surface area contributed by atoms with E-state index in [1.54, 1.807) is 42.9 Å². The molecule has 3 aromatic heterocycles. The average Bonchev–Trinajstić information content (AvgIpc) is 3.10. The van der Waals surface area contributed by atoms with Crippen LogP contribution in [0.25, 0.3) is 16.7 Å². The second-order valence-corrected chi connectivity index (χ2v) is 7.22. The minimum atomic E-state index is -4.55. The summed E-state index contributed by atoms with van der Waals surface area (Å²) in [6, 6.07) is 4.24. The molecule has 0 aliphatic heterocycles. The summed E-state index contributed by atoms with van der Waals surface area (Å²) in [5.74, 6) is 0.113. The zero-order chi connectivity index (χ0) is 22.3. The van der Waals surface area contributed by atoms with E-state index in [0.717, 1.165) is 18.2 Å². The molecule has 0 bridgehead atoms. The Morgan fingerprint density at radius 2 is 2.03 bits per heavy atom. The van der Waals surface area contributed by atoms with E-state index in [0.29, 0.717) is 5.78 Å². The SMILES string of the molecule is CC(C)n1nc(CC(=O)Nc2cn3cccnc3n2)c(=O)c2ccc(C(F)(F)F)cc21. The van der Waals surface area contributed by atoms with Crippen molar-refractivity contribution in [2.24, 2.45) is 0 Å². The molecule has 0 unspecified atom stereocenters. The Bertz CT molecular complexity index is 1320. The first-order valence-electron chi connectivity index (χ1n) is 9.35. The molecule has 1 aromatic carbocycles. The Morgan fingerprint density at radius 3 is 2.71 bits per heavy atom. The summed E-state index contributed by atoms with van der Waals surface area (Å²) in [6.07, 6.45) is -0.0611. The van der Waals surface area contributed by atoms with Gasteiger partial charge in [0.25, 0.3) is 0 Å². The number of carbonyl (C=O) groups is 1. The summed E-state index contributed by atoms with van der Waals surface area (Å²) in [4.78, 5) is 33.5. The van der Waals surface area contributed by atoms with E-state index >= 15 is 0 Å². The number of aromatic nitrogens is 5. The number of rotatable bonds is 4. The maximum atomic E-state index is 13.1. The highest BCUT2D eigenvalue weighted by Gasteiger charge is 2.31. The number of amides is 1. The number of fused-ring (bicyclic) bond motifs is 2. The van der Waals surface area contributed by atoms with Gasteiger partial charge in [-0.2, -0.15) is 23.3 Å². The van der Waals surface area contributed by atoms with Crippen LogP contribution in [0, 0.1) is 0 Å². The van der Waals surface area contributed by atoms with E-state index in [2.05, 4.69) is 20.4 Å². The predicted octanol–water partition coefficient (Wildman–Crippen LogP) is 3.22. The van der Waals surface area contributed by atoms with Crippen LogP contribution in [0.2, 0.25) is 0 Å². The second-order valence-electron chi connectivity index (χ2n) is 7.22. The van der Waals surface area contributed by atoms with Crippen LogP contribution >= 0.6 is 0 Å². The fraction of sp³-hybridized carbons (Fsp3) is 0.250. The van der Waals surface area contributed by atoms with E-state index < -0.39 is 23.1 Å². The van der Waals surface area contributed by atoms with E-state index in [4.69, 9.17) is 0 Å². The fourth-order valence-corrected chi connectivity index (χ4v) is 3.21. The lowest BCUT2D eigenvalue weighted by atomic mass is 10.1. The number of halogens is 3. The van der Waals surface area contributed by atoms with Crippen molar-refractivity contribution in [2.45, 2.75) is 32.5 Å². The third-order valence-corrected chi connectivity index (χ3v) is 4.63. The summed E-state index contributed by atoms with van der Waals surface area (Å²) in [5.41, 5.74) is -1.47. The highest BCUT2D eigenvalue weighted by Crippen LogP contribution is 2.31. The van der Waals surface area contributed by atoms with Crippen LogP contribution in [0.1, 0.15) is 31.1 Å². The summed E-state index contributed by atoms with van der Waals surface area (Å²) < 4.78 is 42.3. The largest absolute Gasteiger partial charge is 0.416 e. The molecular weight excluding hydrogens is 413 g/mol. The molecule has 11 heteroatoms. The van der Waals surface area contributed by atoms with Crippen LogP contribution in [0.4, 0.5) is 19.0 Å². The Kier molecular flexibility index (Phi) is 4.96. The van der Waals surface area contributed by atoms with Gasteiger partial charge in [-0.25, -0.2) is 4.98 Å². The zero-order valence-corrected chi connectivity index (χ0v) is 16.5. The lowest BCUT2D eigenvalue weighted by Crippen LogP contribution is -2.25. The Balaban J connectivity index is 1.69. The third kappa shape index (κ3) is 3.98. The molecule has 31 heavy (non-hydrogen) atoms. The molecule has 8 nitrogen and oxygen atoms in total. The highest BCUT2D eigenvalue weighted by atomic mass is 19.4. The minimum Gasteiger partial charge on any atom is -0.309 e. The molecule has 0 fully saturated rings. The normalized spacial score (nSPS) is 12.1. The van der Waals surface area contributed by atoms with Crippen molar-refractivity contribution in [1.82, 2.24) is 24.1 Å². The van der Waals surface area contributed by atoms with Crippen LogP contribution in [-0.2, 0) is 17.4 Å². The first-order valence-corrected chi connectivity index (χ1v) is 9.35. The van der Waals surface area contributed by atoms with Gasteiger partial charge in [0.05, 0.1) is 23.7 Å². The third-order valence-electron chi connectivity index (χ3n) is 4.63. The number of hydrogen-bond acceptors (Lipinski definition) is 5. The topological polar surface area (TPSA) is 94.2 Å². The predicted molar refractivity (Wildman–Crippen MR) is 107 cm³/mol. The van der Waals surface area contributed by atoms with Crippen molar-refractivity contribution in [1.29, 1.82) is 0 Å². The first-order chi connectivity index (χ1) is 14.6. The van der Waals surface area contributed by atoms with Crippen molar-refractivity contribution >= 4 is 28.4 Å². The molecule has 4 rings (SSSR count). The van der Waals surface area contributed by atoms with E-state index in [9.17, 15) is 22.8 Å². The van der Waals surface area contributed by atoms with Gasteiger partial charge in [-0.1, -0.05) is 0 Å². The first kappa shape index (κ1) is 20.5. The number of imidazole rings is 1. The molecule has 0 aliphatic rings. The smallest absolute Gasteiger partial charge is 0.309 e. The lowest BCUT2D eigenvalue weighted by Gasteiger charge is -2.16. The van der Waals surface area contributed by atoms with Crippen molar-refractivity contribution < 1.29 is 18.0 Å². The number of benzene rings is 1. The lowest BCUT2D eigenvalue weighted by molar-refractivity contribution is -0.137. The molecule has 1 N–H and O–H groups in total. The maximum absolute atomic E-state index is 13.1. The van der Waals surface area contributed by atoms with Gasteiger partial charge in [0.2, 0.25) is 17.1 Å². The van der Waals surface area contributed by atoms with Gasteiger partial charge in [0.1, 0.15) is 5.69 Å². The summed E-state index contributed by atoms with van der Waals surface area (Å²) >= 11 is 0. The summed E-state index contributed by atoms with van der Waals surface area (Å²) in [6.45, 7) is 3.45. The van der Waals surface area contributed by atoms with Crippen LogP contribution in [0.5, 0.6) is 0 Å². The van der Waals surface area contributed by atoms with Gasteiger partial charge >= 0.3 is 6.18 Å². The van der Waals surface area contributed by atoms with Gasteiger partial charge in [-0.15, -0.1) is 0 Å². The zero-order valence-electron chi connectivity index (χ0n) is 16.5. The van der Waals surface area contributed by atoms with Crippen molar-refractivity contribution in [3.8, 4) is 0 Å². The molecular formula is C20H17F3N6O2. The molecule has 160 valence electrons. The van der Waals surface area contributed by atoms with Crippen LogP contribution < -0.4 is 10.7 Å². The van der Waals surface area contributed by atoms with Gasteiger partial charge in [0, 0.05) is 23.8 Å². The molecule has 0 aliphatic carbocycles. The standard InChI is InChI=1S/C20H17F3N6O2/c1-11(2)29-15-8-12(20(21,22)23)4-5-13(15)18(31)14(27-29)9-17(30)25-16-10-28-7-3-6-24-19(28)26-16/h3-8,10-11H,9H2,1-2H3,(H,25,30). The molecule has 0 saturated heterocycles. The molecule has 3 heterocycles. The average molecular weight is 430 g/mol. The summed E-state index contributed by atoms with van der Waals surface area (Å²) in [7, 11) is 0. The molecule has 1 amide bonds. The minimum absolute atomic E-state index is 0.0606. The second kappa shape index (κ2) is 7.49. The highest BCUT2D eigenvalue weighted by molar-refractivity contribution is 5.92. The molecule has 0 atom stereocenters. The van der Waals surface area contributed by atoms with E-state index in [-0.39, 0.29) is 34.9 Å². The molecule has 4 aromatic rings. The quantitative estimate of drug-likeness (QED) is 0.537. The van der Waals surface area contributed by atoms with Crippen molar-refractivity contribution in [3.63, 3.8) is 0 Å². The van der Waals surface area contributed by atoms with Crippen molar-refractivity contribution in [2.75, 3.05) is 5.32 Å². The fourth-order valence-electron chi connectivity index (χ4n) is 3.21. The van der Waals surface area contributed by atoms with Crippen LogP contribution in [0.15, 0.2) is 47.7 Å². The number of nitrogens with one attached hydrogen (secondary N) is 1. The summed E-state index contributed by atoms with van der Waals surface area (Å²) in [5, 5.41) is 6.84. The molecule has 0 radical (unpaired) electrons. The Morgan fingerprint density at radius 1 is 1.26 bits per heavy atom.